The molecule has 0 atom stereocenters. The zero-order valence-electron chi connectivity index (χ0n) is 19.0. The van der Waals surface area contributed by atoms with Crippen LogP contribution in [0.5, 0.6) is 0 Å². The van der Waals surface area contributed by atoms with Crippen LogP contribution in [0, 0.1) is 11.3 Å². The van der Waals surface area contributed by atoms with Crippen molar-refractivity contribution in [3.63, 3.8) is 0 Å². The van der Waals surface area contributed by atoms with Gasteiger partial charge in [-0.15, -0.1) is 0 Å². The average molecular weight is 356 g/mol. The van der Waals surface area contributed by atoms with Gasteiger partial charge < -0.3 is 11.1 Å². The Morgan fingerprint density at radius 3 is 1.40 bits per heavy atom. The van der Waals surface area contributed by atoms with Crippen molar-refractivity contribution in [1.82, 2.24) is 10.2 Å². The maximum absolute atomic E-state index is 5.35. The molecule has 0 unspecified atom stereocenters. The molecule has 0 aromatic heterocycles. The highest BCUT2D eigenvalue weighted by molar-refractivity contribution is 4.80. The quantitative estimate of drug-likeness (QED) is 0.639. The molecule has 0 bridgehead atoms. The number of nitrogens with zero attached hydrogens (tertiary/aromatic N) is 1. The lowest BCUT2D eigenvalue weighted by Gasteiger charge is -2.38. The van der Waals surface area contributed by atoms with Gasteiger partial charge in [-0.2, -0.15) is 0 Å². The summed E-state index contributed by atoms with van der Waals surface area (Å²) in [5, 5.41) is 3.35. The number of nitrogens with one attached hydrogen (secondary N) is 1. The van der Waals surface area contributed by atoms with Crippen LogP contribution in [0.2, 0.25) is 0 Å². The summed E-state index contributed by atoms with van der Waals surface area (Å²) in [6, 6.07) is 0. The van der Waals surface area contributed by atoms with Crippen LogP contribution < -0.4 is 11.1 Å². The second kappa shape index (κ2) is 10.9. The van der Waals surface area contributed by atoms with Crippen LogP contribution in [0.1, 0.15) is 94.4 Å². The van der Waals surface area contributed by atoms with E-state index in [0.717, 1.165) is 19.0 Å². The van der Waals surface area contributed by atoms with Crippen molar-refractivity contribution < 1.29 is 0 Å². The van der Waals surface area contributed by atoms with Crippen molar-refractivity contribution in [2.45, 2.75) is 105 Å². The van der Waals surface area contributed by atoms with Crippen molar-refractivity contribution in [2.24, 2.45) is 17.1 Å². The van der Waals surface area contributed by atoms with Gasteiger partial charge in [0.25, 0.3) is 0 Å². The summed E-state index contributed by atoms with van der Waals surface area (Å²) >= 11 is 0. The largest absolute Gasteiger partial charge is 0.326 e. The molecule has 1 aliphatic heterocycles. The minimum atomic E-state index is 0. The molecule has 2 fully saturated rings. The maximum atomic E-state index is 5.35. The predicted molar refractivity (Wildman–Crippen MR) is 114 cm³/mol. The fraction of sp³-hybridized carbons (Fsp3) is 1.00. The molecular formula is C22H49N3. The molecule has 0 amide bonds. The van der Waals surface area contributed by atoms with Gasteiger partial charge >= 0.3 is 0 Å². The molecule has 3 nitrogen and oxygen atoms in total. The molecule has 25 heavy (non-hydrogen) atoms. The molecule has 1 saturated heterocycles. The molecule has 0 aromatic carbocycles. The van der Waals surface area contributed by atoms with E-state index in [-0.39, 0.29) is 5.54 Å². The first-order valence-corrected chi connectivity index (χ1v) is 10.5. The van der Waals surface area contributed by atoms with E-state index in [1.165, 1.54) is 45.2 Å². The van der Waals surface area contributed by atoms with Gasteiger partial charge in [0.05, 0.1) is 0 Å². The van der Waals surface area contributed by atoms with Crippen LogP contribution in [0.15, 0.2) is 0 Å². The number of rotatable bonds is 0. The van der Waals surface area contributed by atoms with E-state index in [1.54, 1.807) is 0 Å². The van der Waals surface area contributed by atoms with Gasteiger partial charge in [0.1, 0.15) is 0 Å². The van der Waals surface area contributed by atoms with E-state index in [4.69, 9.17) is 5.73 Å². The highest BCUT2D eigenvalue weighted by Crippen LogP contribution is 2.37. The van der Waals surface area contributed by atoms with Crippen molar-refractivity contribution in [1.29, 1.82) is 0 Å². The minimum absolute atomic E-state index is 0. The SMILES string of the molecule is CC(C)(C)C1CCCCC1.CC(C)(C)N.CC(C)(C)N1CCNCC1. The van der Waals surface area contributed by atoms with Crippen molar-refractivity contribution in [3.05, 3.63) is 0 Å². The molecule has 2 aliphatic rings. The molecule has 3 heteroatoms. The Balaban J connectivity index is 0.000000368. The topological polar surface area (TPSA) is 41.3 Å². The smallest absolute Gasteiger partial charge is 0.0126 e. The lowest BCUT2D eigenvalue weighted by atomic mass is 9.72. The third-order valence-corrected chi connectivity index (χ3v) is 4.90. The summed E-state index contributed by atoms with van der Waals surface area (Å²) in [5.41, 5.74) is 6.29. The van der Waals surface area contributed by atoms with Gasteiger partial charge in [-0.25, -0.2) is 0 Å². The van der Waals surface area contributed by atoms with Gasteiger partial charge in [-0.05, 0) is 65.7 Å². The number of hydrogen-bond donors (Lipinski definition) is 2. The monoisotopic (exact) mass is 355 g/mol. The Morgan fingerprint density at radius 1 is 0.760 bits per heavy atom. The second-order valence-corrected chi connectivity index (χ2v) is 11.0. The van der Waals surface area contributed by atoms with Gasteiger partial charge in [-0.3, -0.25) is 4.90 Å². The minimum Gasteiger partial charge on any atom is -0.326 e. The third-order valence-electron chi connectivity index (χ3n) is 4.90. The molecule has 0 aromatic rings. The summed E-state index contributed by atoms with van der Waals surface area (Å²) in [5.74, 6) is 1.00. The zero-order chi connectivity index (χ0) is 19.7. The van der Waals surface area contributed by atoms with E-state index in [2.05, 4.69) is 51.8 Å². The Hall–Kier alpha value is -0.120. The second-order valence-electron chi connectivity index (χ2n) is 11.0. The van der Waals surface area contributed by atoms with Crippen LogP contribution in [0.4, 0.5) is 0 Å². The molecule has 1 aliphatic carbocycles. The number of hydrogen-bond acceptors (Lipinski definition) is 3. The lowest BCUT2D eigenvalue weighted by molar-refractivity contribution is 0.119. The first-order valence-electron chi connectivity index (χ1n) is 10.5. The first kappa shape index (κ1) is 24.9. The molecular weight excluding hydrogens is 306 g/mol. The molecule has 152 valence electrons. The van der Waals surface area contributed by atoms with Gasteiger partial charge in [0.15, 0.2) is 0 Å². The highest BCUT2D eigenvalue weighted by atomic mass is 15.2. The fourth-order valence-corrected chi connectivity index (χ4v) is 3.30. The van der Waals surface area contributed by atoms with Gasteiger partial charge in [0, 0.05) is 37.3 Å². The Morgan fingerprint density at radius 2 is 1.16 bits per heavy atom. The van der Waals surface area contributed by atoms with E-state index in [1.807, 2.05) is 20.8 Å². The van der Waals surface area contributed by atoms with Crippen molar-refractivity contribution in [3.8, 4) is 0 Å². The van der Waals surface area contributed by atoms with Gasteiger partial charge in [0.2, 0.25) is 0 Å². The maximum Gasteiger partial charge on any atom is 0.0126 e. The summed E-state index contributed by atoms with van der Waals surface area (Å²) < 4.78 is 0. The Kier molecular flexibility index (Phi) is 10.8. The third kappa shape index (κ3) is 14.7. The molecule has 0 radical (unpaired) electrons. The summed E-state index contributed by atoms with van der Waals surface area (Å²) in [7, 11) is 0. The molecule has 2 rings (SSSR count). The summed E-state index contributed by atoms with van der Waals surface area (Å²) in [6.45, 7) is 24.6. The Bertz CT molecular complexity index is 285. The standard InChI is InChI=1S/C10H20.C8H18N2.C4H11N/c1-10(2,3)9-7-5-4-6-8-9;1-8(2,3)10-6-4-9-5-7-10;1-4(2,3)5/h9H,4-8H2,1-3H3;9H,4-7H2,1-3H3;5H2,1-3H3. The van der Waals surface area contributed by atoms with Crippen LogP contribution in [-0.2, 0) is 0 Å². The van der Waals surface area contributed by atoms with Crippen molar-refractivity contribution >= 4 is 0 Å². The van der Waals surface area contributed by atoms with E-state index >= 15 is 0 Å². The zero-order valence-corrected chi connectivity index (χ0v) is 19.0. The highest BCUT2D eigenvalue weighted by Gasteiger charge is 2.25. The Labute approximate surface area is 159 Å². The van der Waals surface area contributed by atoms with Gasteiger partial charge in [-0.1, -0.05) is 40.0 Å². The molecule has 3 N–H and O–H groups in total. The van der Waals surface area contributed by atoms with E-state index in [9.17, 15) is 0 Å². The number of nitrogens with two attached hydrogens (primary N) is 1. The van der Waals surface area contributed by atoms with Crippen LogP contribution in [-0.4, -0.2) is 42.2 Å². The lowest BCUT2D eigenvalue weighted by Crippen LogP contribution is -2.51. The molecule has 1 heterocycles. The first-order chi connectivity index (χ1) is 11.2. The van der Waals surface area contributed by atoms with Crippen LogP contribution >= 0.6 is 0 Å². The van der Waals surface area contributed by atoms with Crippen LogP contribution in [0.25, 0.3) is 0 Å². The normalized spacial score (nSPS) is 20.9. The molecule has 1 saturated carbocycles. The number of piperazine rings is 1. The summed E-state index contributed by atoms with van der Waals surface area (Å²) in [6.07, 6.45) is 7.38. The van der Waals surface area contributed by atoms with Crippen LogP contribution in [0.3, 0.4) is 0 Å². The predicted octanol–water partition coefficient (Wildman–Crippen LogP) is 5.05. The van der Waals surface area contributed by atoms with E-state index < -0.39 is 0 Å². The summed E-state index contributed by atoms with van der Waals surface area (Å²) in [4.78, 5) is 2.52. The fourth-order valence-electron chi connectivity index (χ4n) is 3.30. The van der Waals surface area contributed by atoms with Crippen molar-refractivity contribution in [2.75, 3.05) is 26.2 Å². The molecule has 0 spiro atoms. The van der Waals surface area contributed by atoms with E-state index in [0.29, 0.717) is 11.0 Å². The average Bonchev–Trinajstić information content (AvgIpc) is 2.46.